The zero-order chi connectivity index (χ0) is 29.4. The van der Waals surface area contributed by atoms with Crippen LogP contribution in [0.25, 0.3) is 0 Å². The molecule has 4 rings (SSSR count). The van der Waals surface area contributed by atoms with Gasteiger partial charge in [0.1, 0.15) is 11.5 Å². The number of non-ortho nitro benzene ring substituents is 1. The maximum atomic E-state index is 12.9. The predicted molar refractivity (Wildman–Crippen MR) is 155 cm³/mol. The van der Waals surface area contributed by atoms with Crippen molar-refractivity contribution in [3.05, 3.63) is 128 Å². The van der Waals surface area contributed by atoms with E-state index in [2.05, 4.69) is 31.8 Å². The molecule has 0 bridgehead atoms. The quantitative estimate of drug-likeness (QED) is 0.0816. The number of esters is 1. The Bertz CT molecular complexity index is 1640. The van der Waals surface area contributed by atoms with Gasteiger partial charge in [0.2, 0.25) is 0 Å². The molecule has 0 radical (unpaired) electrons. The maximum absolute atomic E-state index is 12.9. The van der Waals surface area contributed by atoms with Crippen molar-refractivity contribution in [3.63, 3.8) is 0 Å². The average molecular weight is 617 g/mol. The van der Waals surface area contributed by atoms with E-state index in [1.807, 2.05) is 0 Å². The Labute approximate surface area is 242 Å². The molecule has 4 aromatic rings. The van der Waals surface area contributed by atoms with Gasteiger partial charge in [-0.05, 0) is 66.7 Å². The highest BCUT2D eigenvalue weighted by molar-refractivity contribution is 9.10. The second kappa shape index (κ2) is 13.1. The zero-order valence-corrected chi connectivity index (χ0v) is 23.0. The lowest BCUT2D eigenvalue weighted by Crippen LogP contribution is -2.21. The van der Waals surface area contributed by atoms with Gasteiger partial charge in [0.05, 0.1) is 35.1 Å². The number of hydrogen-bond acceptors (Lipinski definition) is 8. The van der Waals surface area contributed by atoms with E-state index in [4.69, 9.17) is 9.47 Å². The van der Waals surface area contributed by atoms with Crippen LogP contribution in [0.1, 0.15) is 36.6 Å². The summed E-state index contributed by atoms with van der Waals surface area (Å²) in [6, 6.07) is 22.7. The summed E-state index contributed by atoms with van der Waals surface area (Å²) in [7, 11) is 1.52. The Morgan fingerprint density at radius 1 is 0.902 bits per heavy atom. The molecule has 2 N–H and O–H groups in total. The van der Waals surface area contributed by atoms with Gasteiger partial charge in [0, 0.05) is 27.7 Å². The van der Waals surface area contributed by atoms with Crippen molar-refractivity contribution in [1.29, 1.82) is 0 Å². The summed E-state index contributed by atoms with van der Waals surface area (Å²) in [5, 5.41) is 17.5. The number of nitrogens with zero attached hydrogens (tertiary/aromatic N) is 2. The molecule has 206 valence electrons. The van der Waals surface area contributed by atoms with Crippen LogP contribution in [-0.4, -0.2) is 36.0 Å². The minimum absolute atomic E-state index is 0.125. The Morgan fingerprint density at radius 2 is 1.59 bits per heavy atom. The van der Waals surface area contributed by atoms with E-state index >= 15 is 0 Å². The molecule has 4 aromatic carbocycles. The maximum Gasteiger partial charge on any atom is 0.343 e. The first-order chi connectivity index (χ1) is 19.7. The van der Waals surface area contributed by atoms with Crippen LogP contribution < -0.4 is 20.2 Å². The summed E-state index contributed by atoms with van der Waals surface area (Å²) in [5.74, 6) is -0.955. The summed E-state index contributed by atoms with van der Waals surface area (Å²) in [6.07, 6.45) is 1.32. The van der Waals surface area contributed by atoms with Gasteiger partial charge in [0.25, 0.3) is 17.5 Å². The average Bonchev–Trinajstić information content (AvgIpc) is 2.98. The largest absolute Gasteiger partial charge is 0.497 e. The van der Waals surface area contributed by atoms with E-state index in [1.165, 1.54) is 49.7 Å². The minimum atomic E-state index is -0.618. The number of benzene rings is 4. The second-order valence-corrected chi connectivity index (χ2v) is 9.22. The van der Waals surface area contributed by atoms with E-state index in [1.54, 1.807) is 54.6 Å². The zero-order valence-electron chi connectivity index (χ0n) is 21.4. The molecule has 0 atom stereocenters. The number of hydrogen-bond donors (Lipinski definition) is 2. The van der Waals surface area contributed by atoms with Gasteiger partial charge >= 0.3 is 5.97 Å². The van der Waals surface area contributed by atoms with Crippen LogP contribution in [0.4, 0.5) is 11.4 Å². The summed E-state index contributed by atoms with van der Waals surface area (Å²) >= 11 is 3.37. The number of anilines is 1. The van der Waals surface area contributed by atoms with Gasteiger partial charge in [-0.2, -0.15) is 5.10 Å². The van der Waals surface area contributed by atoms with Crippen molar-refractivity contribution in [2.45, 2.75) is 0 Å². The van der Waals surface area contributed by atoms with E-state index in [0.717, 1.165) is 0 Å². The van der Waals surface area contributed by atoms with Gasteiger partial charge in [-0.15, -0.1) is 0 Å². The van der Waals surface area contributed by atoms with Gasteiger partial charge < -0.3 is 14.8 Å². The first kappa shape index (κ1) is 28.6. The highest BCUT2D eigenvalue weighted by atomic mass is 79.9. The first-order valence-electron chi connectivity index (χ1n) is 11.9. The van der Waals surface area contributed by atoms with Crippen molar-refractivity contribution in [2.24, 2.45) is 5.10 Å². The molecule has 12 heteroatoms. The number of nitro groups is 1. The number of hydrazone groups is 1. The lowest BCUT2D eigenvalue weighted by atomic mass is 10.1. The topological polar surface area (TPSA) is 149 Å². The smallest absolute Gasteiger partial charge is 0.343 e. The number of rotatable bonds is 9. The normalized spacial score (nSPS) is 10.6. The van der Waals surface area contributed by atoms with E-state index in [9.17, 15) is 24.5 Å². The standard InChI is InChI=1S/C29H21BrN4O7/c1-40-23-13-8-19(9-14-23)29(37)41-26-15-10-21(30)16-20(26)17-31-33-28(36)24-4-2-3-5-25(24)32-27(35)18-6-11-22(12-7-18)34(38)39/h2-17H,1H3,(H,32,35)(H,33,36)/b31-17-. The molecular formula is C29H21BrN4O7. The molecule has 0 unspecified atom stereocenters. The van der Waals surface area contributed by atoms with Crippen LogP contribution in [0.3, 0.4) is 0 Å². The van der Waals surface area contributed by atoms with Crippen molar-refractivity contribution >= 4 is 51.3 Å². The molecule has 0 fully saturated rings. The van der Waals surface area contributed by atoms with Crippen LogP contribution in [0.15, 0.2) is 101 Å². The number of amides is 2. The van der Waals surface area contributed by atoms with Gasteiger partial charge in [-0.3, -0.25) is 19.7 Å². The van der Waals surface area contributed by atoms with Crippen LogP contribution in [0.5, 0.6) is 11.5 Å². The fourth-order valence-electron chi connectivity index (χ4n) is 3.54. The molecule has 0 aliphatic heterocycles. The molecule has 41 heavy (non-hydrogen) atoms. The Balaban J connectivity index is 1.45. The number of para-hydroxylation sites is 1. The van der Waals surface area contributed by atoms with E-state index in [-0.39, 0.29) is 28.3 Å². The van der Waals surface area contributed by atoms with Crippen molar-refractivity contribution in [2.75, 3.05) is 12.4 Å². The molecule has 0 saturated heterocycles. The number of nitrogens with one attached hydrogen (secondary N) is 2. The summed E-state index contributed by atoms with van der Waals surface area (Å²) in [6.45, 7) is 0. The predicted octanol–water partition coefficient (Wildman–Crippen LogP) is 5.60. The first-order valence-corrected chi connectivity index (χ1v) is 12.7. The molecule has 0 aromatic heterocycles. The Hall–Kier alpha value is -5.36. The number of halogens is 1. The molecule has 11 nitrogen and oxygen atoms in total. The van der Waals surface area contributed by atoms with E-state index < -0.39 is 22.7 Å². The van der Waals surface area contributed by atoms with Crippen molar-refractivity contribution in [1.82, 2.24) is 5.43 Å². The second-order valence-electron chi connectivity index (χ2n) is 8.30. The van der Waals surface area contributed by atoms with Crippen LogP contribution in [0, 0.1) is 10.1 Å². The highest BCUT2D eigenvalue weighted by Gasteiger charge is 2.16. The number of nitro benzene ring substituents is 1. The molecule has 0 heterocycles. The summed E-state index contributed by atoms with van der Waals surface area (Å²) in [5.41, 5.74) is 3.48. The van der Waals surface area contributed by atoms with Crippen LogP contribution in [0.2, 0.25) is 0 Å². The third kappa shape index (κ3) is 7.40. The number of carbonyl (C=O) groups excluding carboxylic acids is 3. The highest BCUT2D eigenvalue weighted by Crippen LogP contribution is 2.24. The Kier molecular flexibility index (Phi) is 9.17. The van der Waals surface area contributed by atoms with Crippen LogP contribution in [-0.2, 0) is 0 Å². The summed E-state index contributed by atoms with van der Waals surface area (Å²) < 4.78 is 11.3. The van der Waals surface area contributed by atoms with E-state index in [0.29, 0.717) is 21.3 Å². The fraction of sp³-hybridized carbons (Fsp3) is 0.0345. The summed E-state index contributed by atoms with van der Waals surface area (Å²) in [4.78, 5) is 48.5. The molecule has 0 saturated carbocycles. The molecular weight excluding hydrogens is 596 g/mol. The number of ether oxygens (including phenoxy) is 2. The van der Waals surface area contributed by atoms with Gasteiger partial charge in [-0.1, -0.05) is 28.1 Å². The minimum Gasteiger partial charge on any atom is -0.497 e. The fourth-order valence-corrected chi connectivity index (χ4v) is 3.92. The third-order valence-corrected chi connectivity index (χ3v) is 6.12. The lowest BCUT2D eigenvalue weighted by molar-refractivity contribution is -0.384. The molecule has 0 spiro atoms. The molecule has 2 amide bonds. The lowest BCUT2D eigenvalue weighted by Gasteiger charge is -2.10. The van der Waals surface area contributed by atoms with Crippen LogP contribution >= 0.6 is 15.9 Å². The third-order valence-electron chi connectivity index (χ3n) is 5.63. The van der Waals surface area contributed by atoms with Gasteiger partial charge in [-0.25, -0.2) is 10.2 Å². The number of methoxy groups -OCH3 is 1. The SMILES string of the molecule is COc1ccc(C(=O)Oc2ccc(Br)cc2/C=N\NC(=O)c2ccccc2NC(=O)c2ccc([N+](=O)[O-])cc2)cc1. The van der Waals surface area contributed by atoms with Crippen molar-refractivity contribution < 1.29 is 28.8 Å². The van der Waals surface area contributed by atoms with Crippen molar-refractivity contribution in [3.8, 4) is 11.5 Å². The van der Waals surface area contributed by atoms with Gasteiger partial charge in [0.15, 0.2) is 0 Å². The molecule has 0 aliphatic rings. The molecule has 0 aliphatic carbocycles. The Morgan fingerprint density at radius 3 is 2.27 bits per heavy atom. The monoisotopic (exact) mass is 616 g/mol. The number of carbonyl (C=O) groups is 3.